The van der Waals surface area contributed by atoms with Crippen LogP contribution in [0.1, 0.15) is 29.8 Å². The van der Waals surface area contributed by atoms with E-state index in [2.05, 4.69) is 15.3 Å². The second-order valence-corrected chi connectivity index (χ2v) is 6.95. The summed E-state index contributed by atoms with van der Waals surface area (Å²) in [7, 11) is 0. The number of rotatable bonds is 4. The van der Waals surface area contributed by atoms with E-state index in [0.717, 1.165) is 29.9 Å². The average Bonchev–Trinajstić information content (AvgIpc) is 2.55. The van der Waals surface area contributed by atoms with Gasteiger partial charge in [0.1, 0.15) is 0 Å². The van der Waals surface area contributed by atoms with Gasteiger partial charge in [0.2, 0.25) is 5.91 Å². The van der Waals surface area contributed by atoms with Crippen molar-refractivity contribution in [1.29, 1.82) is 0 Å². The third-order valence-corrected chi connectivity index (χ3v) is 4.93. The molecule has 0 aliphatic heterocycles. The van der Waals surface area contributed by atoms with E-state index < -0.39 is 0 Å². The second-order valence-electron chi connectivity index (χ2n) is 5.57. The zero-order valence-electron chi connectivity index (χ0n) is 12.9. The van der Waals surface area contributed by atoms with Crippen LogP contribution in [0.15, 0.2) is 29.4 Å². The minimum Gasteiger partial charge on any atom is -0.325 e. The number of carbonyl (C=O) groups excluding carboxylic acids is 1. The number of amides is 1. The van der Waals surface area contributed by atoms with Crippen LogP contribution in [0.3, 0.4) is 0 Å². The second kappa shape index (κ2) is 7.32. The highest BCUT2D eigenvalue weighted by Gasteiger charge is 2.16. The number of hydrogen-bond donors (Lipinski definition) is 1. The lowest BCUT2D eigenvalue weighted by atomic mass is 9.95. The van der Waals surface area contributed by atoms with Crippen molar-refractivity contribution >= 4 is 35.0 Å². The van der Waals surface area contributed by atoms with Crippen LogP contribution < -0.4 is 5.32 Å². The van der Waals surface area contributed by atoms with E-state index in [1.807, 2.05) is 6.92 Å². The lowest BCUT2D eigenvalue weighted by Gasteiger charge is -2.17. The van der Waals surface area contributed by atoms with E-state index >= 15 is 0 Å². The molecule has 1 aliphatic carbocycles. The summed E-state index contributed by atoms with van der Waals surface area (Å²) in [6.07, 6.45) is 4.49. The molecule has 0 saturated carbocycles. The highest BCUT2D eigenvalue weighted by atomic mass is 35.5. The van der Waals surface area contributed by atoms with Gasteiger partial charge >= 0.3 is 0 Å². The first-order valence-corrected chi connectivity index (χ1v) is 9.03. The van der Waals surface area contributed by atoms with Gasteiger partial charge in [-0.2, -0.15) is 0 Å². The smallest absolute Gasteiger partial charge is 0.234 e. The number of hydrogen-bond acceptors (Lipinski definition) is 4. The summed E-state index contributed by atoms with van der Waals surface area (Å²) in [4.78, 5) is 21.2. The SMILES string of the molecule is Cc1nc(SCC(=O)Nc2ccc(Cl)cc2)nc2c1CCCC2. The van der Waals surface area contributed by atoms with Gasteiger partial charge in [-0.25, -0.2) is 9.97 Å². The molecule has 3 rings (SSSR count). The van der Waals surface area contributed by atoms with Gasteiger partial charge in [-0.15, -0.1) is 0 Å². The van der Waals surface area contributed by atoms with Crippen molar-refractivity contribution in [2.45, 2.75) is 37.8 Å². The highest BCUT2D eigenvalue weighted by molar-refractivity contribution is 7.99. The molecule has 0 fully saturated rings. The van der Waals surface area contributed by atoms with Crippen molar-refractivity contribution in [3.05, 3.63) is 46.2 Å². The zero-order valence-corrected chi connectivity index (χ0v) is 14.5. The van der Waals surface area contributed by atoms with Crippen molar-refractivity contribution < 1.29 is 4.79 Å². The zero-order chi connectivity index (χ0) is 16.2. The first-order chi connectivity index (χ1) is 11.1. The Bertz CT molecular complexity index is 719. The van der Waals surface area contributed by atoms with Crippen LogP contribution in [0.5, 0.6) is 0 Å². The molecule has 1 N–H and O–H groups in total. The maximum absolute atomic E-state index is 12.0. The summed E-state index contributed by atoms with van der Waals surface area (Å²) in [5, 5.41) is 4.18. The van der Waals surface area contributed by atoms with Crippen LogP contribution in [-0.2, 0) is 17.6 Å². The predicted octanol–water partition coefficient (Wildman–Crippen LogP) is 4.05. The number of benzene rings is 1. The summed E-state index contributed by atoms with van der Waals surface area (Å²) in [6.45, 7) is 2.03. The third kappa shape index (κ3) is 4.24. The van der Waals surface area contributed by atoms with Gasteiger partial charge < -0.3 is 5.32 Å². The van der Waals surface area contributed by atoms with E-state index in [-0.39, 0.29) is 5.91 Å². The average molecular weight is 348 g/mol. The lowest BCUT2D eigenvalue weighted by Crippen LogP contribution is -2.15. The van der Waals surface area contributed by atoms with Gasteiger partial charge in [-0.05, 0) is 62.4 Å². The molecular formula is C17H18ClN3OS. The number of nitrogens with one attached hydrogen (secondary N) is 1. The van der Waals surface area contributed by atoms with Crippen LogP contribution in [0.4, 0.5) is 5.69 Å². The Morgan fingerprint density at radius 1 is 1.22 bits per heavy atom. The number of fused-ring (bicyclic) bond motifs is 1. The fraction of sp³-hybridized carbons (Fsp3) is 0.353. The number of nitrogens with zero attached hydrogens (tertiary/aromatic N) is 2. The first kappa shape index (κ1) is 16.3. The number of halogens is 1. The standard InChI is InChI=1S/C17H18ClN3OS/c1-11-14-4-2-3-5-15(14)21-17(19-11)23-10-16(22)20-13-8-6-12(18)7-9-13/h6-9H,2-5,10H2,1H3,(H,20,22). The van der Waals surface area contributed by atoms with E-state index in [0.29, 0.717) is 15.9 Å². The van der Waals surface area contributed by atoms with Gasteiger partial charge in [0.05, 0.1) is 5.75 Å². The van der Waals surface area contributed by atoms with Gasteiger partial charge in [0.15, 0.2) is 5.16 Å². The minimum atomic E-state index is -0.0729. The molecule has 23 heavy (non-hydrogen) atoms. The monoisotopic (exact) mass is 347 g/mol. The predicted molar refractivity (Wildman–Crippen MR) is 94.2 cm³/mol. The largest absolute Gasteiger partial charge is 0.325 e. The first-order valence-electron chi connectivity index (χ1n) is 7.66. The summed E-state index contributed by atoms with van der Waals surface area (Å²) >= 11 is 7.21. The molecule has 0 atom stereocenters. The maximum atomic E-state index is 12.0. The fourth-order valence-electron chi connectivity index (χ4n) is 2.68. The number of anilines is 1. The summed E-state index contributed by atoms with van der Waals surface area (Å²) in [5.41, 5.74) is 4.24. The van der Waals surface area contributed by atoms with Gasteiger partial charge in [0.25, 0.3) is 0 Å². The Kier molecular flexibility index (Phi) is 5.18. The number of carbonyl (C=O) groups is 1. The van der Waals surface area contributed by atoms with Crippen LogP contribution in [-0.4, -0.2) is 21.6 Å². The minimum absolute atomic E-state index is 0.0729. The summed E-state index contributed by atoms with van der Waals surface area (Å²) < 4.78 is 0. The quantitative estimate of drug-likeness (QED) is 0.669. The molecule has 1 amide bonds. The molecule has 0 radical (unpaired) electrons. The lowest BCUT2D eigenvalue weighted by molar-refractivity contribution is -0.113. The molecular weight excluding hydrogens is 330 g/mol. The molecule has 0 unspecified atom stereocenters. The van der Waals surface area contributed by atoms with Crippen LogP contribution in [0.25, 0.3) is 0 Å². The van der Waals surface area contributed by atoms with Crippen molar-refractivity contribution in [1.82, 2.24) is 9.97 Å². The Balaban J connectivity index is 1.60. The van der Waals surface area contributed by atoms with Crippen molar-refractivity contribution in [2.75, 3.05) is 11.1 Å². The normalized spacial score (nSPS) is 13.5. The maximum Gasteiger partial charge on any atom is 0.234 e. The summed E-state index contributed by atoms with van der Waals surface area (Å²) in [5.74, 6) is 0.220. The molecule has 0 spiro atoms. The van der Waals surface area contributed by atoms with Gasteiger partial charge in [-0.1, -0.05) is 23.4 Å². The highest BCUT2D eigenvalue weighted by Crippen LogP contribution is 2.24. The van der Waals surface area contributed by atoms with Crippen LogP contribution in [0.2, 0.25) is 5.02 Å². The van der Waals surface area contributed by atoms with E-state index in [9.17, 15) is 4.79 Å². The Morgan fingerprint density at radius 2 is 1.96 bits per heavy atom. The molecule has 0 bridgehead atoms. The molecule has 0 saturated heterocycles. The van der Waals surface area contributed by atoms with Crippen LogP contribution >= 0.6 is 23.4 Å². The fourth-order valence-corrected chi connectivity index (χ4v) is 3.51. The molecule has 1 aliphatic rings. The van der Waals surface area contributed by atoms with Crippen molar-refractivity contribution in [2.24, 2.45) is 0 Å². The molecule has 1 heterocycles. The topological polar surface area (TPSA) is 54.9 Å². The number of aryl methyl sites for hydroxylation is 2. The van der Waals surface area contributed by atoms with Gasteiger partial charge in [-0.3, -0.25) is 4.79 Å². The van der Waals surface area contributed by atoms with Crippen molar-refractivity contribution in [3.63, 3.8) is 0 Å². The molecule has 120 valence electrons. The van der Waals surface area contributed by atoms with Crippen molar-refractivity contribution in [3.8, 4) is 0 Å². The molecule has 1 aromatic heterocycles. The van der Waals surface area contributed by atoms with Crippen LogP contribution in [0, 0.1) is 6.92 Å². The molecule has 6 heteroatoms. The van der Waals surface area contributed by atoms with Gasteiger partial charge in [0, 0.05) is 22.1 Å². The molecule has 2 aromatic rings. The Morgan fingerprint density at radius 3 is 2.74 bits per heavy atom. The van der Waals surface area contributed by atoms with E-state index in [4.69, 9.17) is 11.6 Å². The number of aromatic nitrogens is 2. The van der Waals surface area contributed by atoms with E-state index in [1.54, 1.807) is 24.3 Å². The van der Waals surface area contributed by atoms with E-state index in [1.165, 1.54) is 30.2 Å². The third-order valence-electron chi connectivity index (χ3n) is 3.83. The Labute approximate surface area is 145 Å². The summed E-state index contributed by atoms with van der Waals surface area (Å²) in [6, 6.07) is 7.06. The molecule has 4 nitrogen and oxygen atoms in total. The Hall–Kier alpha value is -1.59. The number of thioether (sulfide) groups is 1. The molecule has 1 aromatic carbocycles.